The van der Waals surface area contributed by atoms with E-state index in [4.69, 9.17) is 0 Å². The first-order valence-electron chi connectivity index (χ1n) is 7.07. The van der Waals surface area contributed by atoms with Crippen molar-refractivity contribution in [3.05, 3.63) is 74.4 Å². The van der Waals surface area contributed by atoms with E-state index in [-0.39, 0.29) is 11.6 Å². The molecule has 2 aromatic rings. The number of benzene rings is 2. The minimum absolute atomic E-state index is 0.00562. The van der Waals surface area contributed by atoms with Crippen molar-refractivity contribution in [3.8, 4) is 0 Å². The number of hydrogen-bond acceptors (Lipinski definition) is 4. The predicted octanol–water partition coefficient (Wildman–Crippen LogP) is 4.16. The highest BCUT2D eigenvalue weighted by Gasteiger charge is 2.28. The molecule has 1 aliphatic heterocycles. The van der Waals surface area contributed by atoms with E-state index in [2.05, 4.69) is 20.9 Å². The van der Waals surface area contributed by atoms with Crippen LogP contribution in [0, 0.1) is 10.1 Å². The van der Waals surface area contributed by atoms with Crippen molar-refractivity contribution >= 4 is 45.1 Å². The number of anilines is 1. The van der Waals surface area contributed by atoms with E-state index in [1.807, 2.05) is 24.3 Å². The van der Waals surface area contributed by atoms with Crippen LogP contribution in [0.15, 0.2) is 63.7 Å². The number of amides is 1. The van der Waals surface area contributed by atoms with E-state index >= 15 is 0 Å². The molecule has 24 heavy (non-hydrogen) atoms. The lowest BCUT2D eigenvalue weighted by molar-refractivity contribution is -0.384. The number of aliphatic imine (C=N–C) groups is 1. The Balaban J connectivity index is 1.89. The van der Waals surface area contributed by atoms with Crippen LogP contribution in [0.1, 0.15) is 12.5 Å². The van der Waals surface area contributed by atoms with E-state index < -0.39 is 4.92 Å². The van der Waals surface area contributed by atoms with Crippen molar-refractivity contribution in [3.63, 3.8) is 0 Å². The SMILES string of the molecule is CC1=N/C(=C/c2ccc([N+](=O)[O-])cc2)C(=O)N1c1ccc(Br)cc1. The van der Waals surface area contributed by atoms with Crippen LogP contribution >= 0.6 is 15.9 Å². The molecule has 1 aliphatic rings. The summed E-state index contributed by atoms with van der Waals surface area (Å²) in [7, 11) is 0. The number of nitro groups is 1. The lowest BCUT2D eigenvalue weighted by Gasteiger charge is -2.15. The zero-order valence-corrected chi connectivity index (χ0v) is 14.2. The molecule has 2 aromatic carbocycles. The average Bonchev–Trinajstić information content (AvgIpc) is 2.83. The van der Waals surface area contributed by atoms with Gasteiger partial charge < -0.3 is 0 Å². The van der Waals surface area contributed by atoms with Crippen LogP contribution in [0.3, 0.4) is 0 Å². The highest BCUT2D eigenvalue weighted by atomic mass is 79.9. The van der Waals surface area contributed by atoms with E-state index in [0.717, 1.165) is 10.2 Å². The summed E-state index contributed by atoms with van der Waals surface area (Å²) in [5.74, 6) is 0.351. The molecule has 1 amide bonds. The van der Waals surface area contributed by atoms with Crippen LogP contribution in [0.25, 0.3) is 6.08 Å². The first kappa shape index (κ1) is 16.1. The number of halogens is 1. The van der Waals surface area contributed by atoms with Crippen molar-refractivity contribution in [2.24, 2.45) is 4.99 Å². The van der Waals surface area contributed by atoms with Gasteiger partial charge in [-0.1, -0.05) is 15.9 Å². The van der Waals surface area contributed by atoms with Gasteiger partial charge in [-0.25, -0.2) is 4.99 Å². The second-order valence-corrected chi connectivity index (χ2v) is 6.07. The summed E-state index contributed by atoms with van der Waals surface area (Å²) in [5, 5.41) is 10.7. The Labute approximate surface area is 146 Å². The molecule has 0 bridgehead atoms. The molecule has 0 aliphatic carbocycles. The van der Waals surface area contributed by atoms with Crippen molar-refractivity contribution < 1.29 is 9.72 Å². The Bertz CT molecular complexity index is 871. The van der Waals surface area contributed by atoms with Gasteiger partial charge in [0.15, 0.2) is 0 Å². The summed E-state index contributed by atoms with van der Waals surface area (Å²) < 4.78 is 0.925. The molecule has 3 rings (SSSR count). The van der Waals surface area contributed by atoms with Crippen LogP contribution in [0.2, 0.25) is 0 Å². The molecule has 0 saturated heterocycles. The number of carbonyl (C=O) groups excluding carboxylic acids is 1. The first-order valence-corrected chi connectivity index (χ1v) is 7.86. The topological polar surface area (TPSA) is 75.8 Å². The highest BCUT2D eigenvalue weighted by molar-refractivity contribution is 9.10. The quantitative estimate of drug-likeness (QED) is 0.452. The summed E-state index contributed by atoms with van der Waals surface area (Å²) >= 11 is 3.36. The molecule has 120 valence electrons. The Morgan fingerprint density at radius 2 is 1.75 bits per heavy atom. The van der Waals surface area contributed by atoms with E-state index in [9.17, 15) is 14.9 Å². The average molecular weight is 386 g/mol. The molecule has 0 fully saturated rings. The number of nitro benzene ring substituents is 1. The molecule has 0 aromatic heterocycles. The Morgan fingerprint density at radius 1 is 1.12 bits per heavy atom. The zero-order valence-electron chi connectivity index (χ0n) is 12.6. The molecule has 0 unspecified atom stereocenters. The molecule has 0 atom stereocenters. The van der Waals surface area contributed by atoms with E-state index in [1.165, 1.54) is 17.0 Å². The smallest absolute Gasteiger partial charge is 0.266 e. The molecule has 1 heterocycles. The van der Waals surface area contributed by atoms with Crippen molar-refractivity contribution in [1.82, 2.24) is 0 Å². The van der Waals surface area contributed by atoms with Crippen LogP contribution in [0.4, 0.5) is 11.4 Å². The van der Waals surface area contributed by atoms with Crippen molar-refractivity contribution in [2.75, 3.05) is 4.90 Å². The third-order valence-electron chi connectivity index (χ3n) is 3.52. The van der Waals surface area contributed by atoms with Crippen LogP contribution in [0.5, 0.6) is 0 Å². The Hall–Kier alpha value is -2.80. The fourth-order valence-electron chi connectivity index (χ4n) is 2.37. The molecular weight excluding hydrogens is 374 g/mol. The molecule has 7 heteroatoms. The van der Waals surface area contributed by atoms with Crippen LogP contribution in [-0.4, -0.2) is 16.7 Å². The minimum Gasteiger partial charge on any atom is -0.266 e. The van der Waals surface area contributed by atoms with Gasteiger partial charge in [-0.15, -0.1) is 0 Å². The van der Waals surface area contributed by atoms with Gasteiger partial charge >= 0.3 is 0 Å². The number of non-ortho nitro benzene ring substituents is 1. The summed E-state index contributed by atoms with van der Waals surface area (Å²) in [6.45, 7) is 1.76. The number of rotatable bonds is 3. The van der Waals surface area contributed by atoms with Gasteiger partial charge in [-0.05, 0) is 55.0 Å². The molecule has 0 spiro atoms. The standard InChI is InChI=1S/C17H12BrN3O3/c1-11-19-16(10-12-2-6-15(7-3-12)21(23)24)17(22)20(11)14-8-4-13(18)5-9-14/h2-10H,1H3/b16-10+. The molecule has 0 N–H and O–H groups in total. The monoisotopic (exact) mass is 385 g/mol. The fraction of sp³-hybridized carbons (Fsp3) is 0.0588. The summed E-state index contributed by atoms with van der Waals surface area (Å²) in [6.07, 6.45) is 1.62. The molecule has 6 nitrogen and oxygen atoms in total. The van der Waals surface area contributed by atoms with Crippen LogP contribution in [-0.2, 0) is 4.79 Å². The predicted molar refractivity (Wildman–Crippen MR) is 95.8 cm³/mol. The Kier molecular flexibility index (Phi) is 4.26. The number of nitrogens with zero attached hydrogens (tertiary/aromatic N) is 3. The van der Waals surface area contributed by atoms with E-state index in [1.54, 1.807) is 25.1 Å². The van der Waals surface area contributed by atoms with Crippen molar-refractivity contribution in [1.29, 1.82) is 0 Å². The second kappa shape index (κ2) is 6.37. The third-order valence-corrected chi connectivity index (χ3v) is 4.05. The van der Waals surface area contributed by atoms with Gasteiger partial charge in [0, 0.05) is 16.6 Å². The maximum Gasteiger partial charge on any atom is 0.282 e. The largest absolute Gasteiger partial charge is 0.282 e. The summed E-state index contributed by atoms with van der Waals surface area (Å²) in [4.78, 5) is 28.7. The molecule has 0 radical (unpaired) electrons. The third kappa shape index (κ3) is 3.11. The number of amidine groups is 1. The lowest BCUT2D eigenvalue weighted by atomic mass is 10.1. The van der Waals surface area contributed by atoms with Gasteiger partial charge in [-0.3, -0.25) is 19.8 Å². The molecular formula is C17H12BrN3O3. The maximum atomic E-state index is 12.6. The van der Waals surface area contributed by atoms with Gasteiger partial charge in [-0.2, -0.15) is 0 Å². The zero-order chi connectivity index (χ0) is 17.3. The minimum atomic E-state index is -0.463. The highest BCUT2D eigenvalue weighted by Crippen LogP contribution is 2.26. The fourth-order valence-corrected chi connectivity index (χ4v) is 2.64. The second-order valence-electron chi connectivity index (χ2n) is 5.15. The first-order chi connectivity index (χ1) is 11.5. The summed E-state index contributed by atoms with van der Waals surface area (Å²) in [6, 6.07) is 13.3. The van der Waals surface area contributed by atoms with Crippen molar-refractivity contribution in [2.45, 2.75) is 6.92 Å². The summed E-state index contributed by atoms with van der Waals surface area (Å²) in [5.41, 5.74) is 1.71. The maximum absolute atomic E-state index is 12.6. The Morgan fingerprint density at radius 3 is 2.33 bits per heavy atom. The van der Waals surface area contributed by atoms with Gasteiger partial charge in [0.05, 0.1) is 10.6 Å². The van der Waals surface area contributed by atoms with Gasteiger partial charge in [0.25, 0.3) is 11.6 Å². The van der Waals surface area contributed by atoms with Gasteiger partial charge in [0.1, 0.15) is 11.5 Å². The lowest BCUT2D eigenvalue weighted by Crippen LogP contribution is -2.30. The number of hydrogen-bond donors (Lipinski definition) is 0. The number of carbonyl (C=O) groups is 1. The van der Waals surface area contributed by atoms with Gasteiger partial charge in [0.2, 0.25) is 0 Å². The van der Waals surface area contributed by atoms with Crippen LogP contribution < -0.4 is 4.90 Å². The van der Waals surface area contributed by atoms with E-state index in [0.29, 0.717) is 17.1 Å². The normalized spacial score (nSPS) is 15.8. The molecule has 0 saturated carbocycles.